The first-order valence-corrected chi connectivity index (χ1v) is 4.92. The summed E-state index contributed by atoms with van der Waals surface area (Å²) in [5.74, 6) is 0.457. The highest BCUT2D eigenvalue weighted by atomic mass is 35.5. The molecule has 2 N–H and O–H groups in total. The number of hydrogen-bond donors (Lipinski definition) is 2. The van der Waals surface area contributed by atoms with Gasteiger partial charge in [-0.25, -0.2) is 10.4 Å². The zero-order valence-electron chi connectivity index (χ0n) is 8.94. The van der Waals surface area contributed by atoms with Crippen molar-refractivity contribution in [2.75, 3.05) is 17.5 Å². The fourth-order valence-electron chi connectivity index (χ4n) is 1.07. The Bertz CT molecular complexity index is 395. The molecule has 0 saturated carbocycles. The topological polar surface area (TPSA) is 69.6 Å². The third-order valence-corrected chi connectivity index (χ3v) is 1.97. The van der Waals surface area contributed by atoms with Gasteiger partial charge >= 0.3 is 0 Å². The number of nitrogens with one attached hydrogen (secondary N) is 2. The molecule has 0 unspecified atom stereocenters. The van der Waals surface area contributed by atoms with Crippen LogP contribution in [0.2, 0.25) is 5.02 Å². The van der Waals surface area contributed by atoms with Crippen molar-refractivity contribution in [3.05, 3.63) is 17.3 Å². The molecule has 1 heterocycles. The average Bonchev–Trinajstić information content (AvgIpc) is 2.27. The Balaban J connectivity index is 3.00. The Morgan fingerprint density at radius 1 is 1.62 bits per heavy atom. The van der Waals surface area contributed by atoms with Gasteiger partial charge in [-0.05, 0) is 13.0 Å². The monoisotopic (exact) mass is 241 g/mol. The van der Waals surface area contributed by atoms with Gasteiger partial charge in [0.05, 0.1) is 16.9 Å². The highest BCUT2D eigenvalue weighted by Gasteiger charge is 2.09. The van der Waals surface area contributed by atoms with Crippen LogP contribution in [0.15, 0.2) is 17.4 Å². The molecule has 0 bridgehead atoms. The quantitative estimate of drug-likeness (QED) is 0.463. The smallest absolute Gasteiger partial charge is 0.211 e. The van der Waals surface area contributed by atoms with E-state index in [-0.39, 0.29) is 0 Å². The van der Waals surface area contributed by atoms with Gasteiger partial charge in [0, 0.05) is 13.3 Å². The van der Waals surface area contributed by atoms with Crippen molar-refractivity contribution >= 4 is 35.7 Å². The predicted octanol–water partition coefficient (Wildman–Crippen LogP) is 1.25. The largest absolute Gasteiger partial charge is 0.327 e. The molecule has 1 aromatic heterocycles. The molecular formula is C9H12ClN5O. The number of hydrazine groups is 1. The number of rotatable bonds is 5. The third kappa shape index (κ3) is 2.91. The molecule has 6 nitrogen and oxygen atoms in total. The van der Waals surface area contributed by atoms with E-state index >= 15 is 0 Å². The van der Waals surface area contributed by atoms with Gasteiger partial charge in [0.25, 0.3) is 0 Å². The number of hydrazone groups is 1. The van der Waals surface area contributed by atoms with E-state index in [4.69, 9.17) is 11.6 Å². The maximum Gasteiger partial charge on any atom is 0.211 e. The highest BCUT2D eigenvalue weighted by molar-refractivity contribution is 6.33. The van der Waals surface area contributed by atoms with E-state index in [1.165, 1.54) is 11.3 Å². The lowest BCUT2D eigenvalue weighted by molar-refractivity contribution is -0.105. The lowest BCUT2D eigenvalue weighted by Gasteiger charge is -2.17. The first-order valence-electron chi connectivity index (χ1n) is 4.54. The summed E-state index contributed by atoms with van der Waals surface area (Å²) in [6.45, 7) is 1.78. The molecule has 7 heteroatoms. The fraction of sp³-hybridized carbons (Fsp3) is 0.222. The van der Waals surface area contributed by atoms with Crippen molar-refractivity contribution in [1.29, 1.82) is 0 Å². The second kappa shape index (κ2) is 6.04. The number of nitrogens with zero attached hydrogens (tertiary/aromatic N) is 3. The first-order chi connectivity index (χ1) is 7.72. The van der Waals surface area contributed by atoms with Crippen LogP contribution in [0.1, 0.15) is 6.92 Å². The van der Waals surface area contributed by atoms with E-state index in [9.17, 15) is 4.79 Å². The Labute approximate surface area is 98.3 Å². The zero-order chi connectivity index (χ0) is 12.0. The van der Waals surface area contributed by atoms with Crippen LogP contribution < -0.4 is 15.9 Å². The highest BCUT2D eigenvalue weighted by Crippen LogP contribution is 2.24. The summed E-state index contributed by atoms with van der Waals surface area (Å²) in [7, 11) is 1.70. The third-order valence-electron chi connectivity index (χ3n) is 1.69. The van der Waals surface area contributed by atoms with Gasteiger partial charge in [0.1, 0.15) is 0 Å². The summed E-state index contributed by atoms with van der Waals surface area (Å²) in [5, 5.41) is 8.27. The summed E-state index contributed by atoms with van der Waals surface area (Å²) in [5.41, 5.74) is 3.34. The maximum atomic E-state index is 10.2. The number of carbonyl (C=O) groups is 1. The van der Waals surface area contributed by atoms with Crippen molar-refractivity contribution < 1.29 is 4.79 Å². The molecule has 0 spiro atoms. The molecule has 0 fully saturated rings. The minimum Gasteiger partial charge on any atom is -0.327 e. The Morgan fingerprint density at radius 2 is 2.38 bits per heavy atom. The summed E-state index contributed by atoms with van der Waals surface area (Å²) in [6.07, 6.45) is 3.66. The maximum absolute atomic E-state index is 10.2. The van der Waals surface area contributed by atoms with Crippen molar-refractivity contribution in [2.45, 2.75) is 6.92 Å². The molecular weight excluding hydrogens is 230 g/mol. The van der Waals surface area contributed by atoms with Gasteiger partial charge in [-0.2, -0.15) is 10.2 Å². The van der Waals surface area contributed by atoms with E-state index in [0.29, 0.717) is 22.9 Å². The minimum absolute atomic E-state index is 0.381. The molecule has 1 rings (SSSR count). The molecule has 86 valence electrons. The Kier molecular flexibility index (Phi) is 4.68. The number of carbonyl (C=O) groups excluding carboxylic acids is 1. The zero-order valence-corrected chi connectivity index (χ0v) is 9.69. The van der Waals surface area contributed by atoms with Crippen LogP contribution in [0.3, 0.4) is 0 Å². The summed E-state index contributed by atoms with van der Waals surface area (Å²) < 4.78 is 0. The lowest BCUT2D eigenvalue weighted by Crippen LogP contribution is -2.30. The Morgan fingerprint density at radius 3 is 2.88 bits per heavy atom. The molecule has 0 aliphatic heterocycles. The van der Waals surface area contributed by atoms with E-state index in [2.05, 4.69) is 20.8 Å². The summed E-state index contributed by atoms with van der Waals surface area (Å²) >= 11 is 6.00. The summed E-state index contributed by atoms with van der Waals surface area (Å²) in [4.78, 5) is 14.3. The minimum atomic E-state index is 0.381. The Hall–Kier alpha value is -1.66. The van der Waals surface area contributed by atoms with Crippen LogP contribution >= 0.6 is 11.6 Å². The van der Waals surface area contributed by atoms with Crippen molar-refractivity contribution in [1.82, 2.24) is 10.4 Å². The van der Waals surface area contributed by atoms with Crippen LogP contribution in [0.5, 0.6) is 0 Å². The van der Waals surface area contributed by atoms with Crippen LogP contribution in [0, 0.1) is 0 Å². The molecule has 16 heavy (non-hydrogen) atoms. The number of halogens is 1. The van der Waals surface area contributed by atoms with Gasteiger partial charge in [-0.15, -0.1) is 0 Å². The van der Waals surface area contributed by atoms with Crippen molar-refractivity contribution in [3.63, 3.8) is 0 Å². The standard InChI is InChI=1S/C9H12ClN5O/c1-3-14-15(11-2)9-8(10)4-7(5-12-9)13-6-16/h3-6,11H,1-2H3,(H,13,16)/b14-3-. The molecule has 1 amide bonds. The average molecular weight is 242 g/mol. The molecule has 0 radical (unpaired) electrons. The van der Waals surface area contributed by atoms with E-state index in [1.807, 2.05) is 0 Å². The van der Waals surface area contributed by atoms with Gasteiger partial charge in [-0.3, -0.25) is 4.79 Å². The van der Waals surface area contributed by atoms with Crippen molar-refractivity contribution in [3.8, 4) is 0 Å². The molecule has 0 aromatic carbocycles. The van der Waals surface area contributed by atoms with Gasteiger partial charge in [-0.1, -0.05) is 11.6 Å². The first kappa shape index (κ1) is 12.4. The van der Waals surface area contributed by atoms with Gasteiger partial charge in [0.15, 0.2) is 5.82 Å². The SMILES string of the molecule is C/C=N\N(NC)c1ncc(NC=O)cc1Cl. The number of hydrogen-bond acceptors (Lipinski definition) is 5. The summed E-state index contributed by atoms with van der Waals surface area (Å²) in [6, 6.07) is 1.59. The molecule has 0 atom stereocenters. The molecule has 0 aliphatic carbocycles. The van der Waals surface area contributed by atoms with E-state index in [1.54, 1.807) is 26.3 Å². The van der Waals surface area contributed by atoms with E-state index < -0.39 is 0 Å². The fourth-order valence-corrected chi connectivity index (χ4v) is 1.31. The number of amides is 1. The van der Waals surface area contributed by atoms with E-state index in [0.717, 1.165) is 0 Å². The second-order valence-electron chi connectivity index (χ2n) is 2.70. The number of pyridine rings is 1. The van der Waals surface area contributed by atoms with Gasteiger partial charge in [0.2, 0.25) is 6.41 Å². The van der Waals surface area contributed by atoms with Crippen LogP contribution in [-0.4, -0.2) is 24.7 Å². The van der Waals surface area contributed by atoms with Gasteiger partial charge < -0.3 is 5.32 Å². The second-order valence-corrected chi connectivity index (χ2v) is 3.11. The van der Waals surface area contributed by atoms with Crippen LogP contribution in [-0.2, 0) is 4.79 Å². The van der Waals surface area contributed by atoms with Crippen LogP contribution in [0.4, 0.5) is 11.5 Å². The normalized spacial score (nSPS) is 10.4. The van der Waals surface area contributed by atoms with Crippen LogP contribution in [0.25, 0.3) is 0 Å². The van der Waals surface area contributed by atoms with Crippen molar-refractivity contribution in [2.24, 2.45) is 5.10 Å². The number of aromatic nitrogens is 1. The molecule has 0 aliphatic rings. The molecule has 1 aromatic rings. The number of anilines is 2. The molecule has 0 saturated heterocycles. The predicted molar refractivity (Wildman–Crippen MR) is 64.6 cm³/mol. The lowest BCUT2D eigenvalue weighted by atomic mass is 10.4.